The lowest BCUT2D eigenvalue weighted by Gasteiger charge is -2.12. The summed E-state index contributed by atoms with van der Waals surface area (Å²) in [6.07, 6.45) is 3.74. The van der Waals surface area contributed by atoms with Crippen molar-refractivity contribution in [1.82, 2.24) is 14.9 Å². The molecule has 0 aliphatic carbocycles. The molecular weight excluding hydrogens is 312 g/mol. The molecule has 1 atom stereocenters. The van der Waals surface area contributed by atoms with Gasteiger partial charge in [0.1, 0.15) is 0 Å². The number of benzene rings is 2. The van der Waals surface area contributed by atoms with E-state index in [1.807, 2.05) is 23.1 Å². The van der Waals surface area contributed by atoms with Crippen LogP contribution in [0.4, 0.5) is 5.95 Å². The molecule has 1 saturated heterocycles. The molecule has 126 valence electrons. The summed E-state index contributed by atoms with van der Waals surface area (Å²) in [5, 5.41) is 5.74. The van der Waals surface area contributed by atoms with Crippen molar-refractivity contribution in [3.63, 3.8) is 0 Å². The Kier molecular flexibility index (Phi) is 4.29. The van der Waals surface area contributed by atoms with Crippen LogP contribution in [-0.2, 0) is 4.79 Å². The maximum Gasteiger partial charge on any atom is 0.223 e. The Hall–Kier alpha value is -2.95. The number of carbonyl (C=O) groups excluding carboxylic acids is 1. The molecule has 2 heterocycles. The summed E-state index contributed by atoms with van der Waals surface area (Å²) in [7, 11) is 0. The SMILES string of the molecule is O=CN1CC[C@@H](CNc2nccc(-c3ccc4ccccc4c3)n2)C1. The van der Waals surface area contributed by atoms with Crippen LogP contribution in [0, 0.1) is 5.92 Å². The predicted octanol–water partition coefficient (Wildman–Crippen LogP) is 3.19. The molecule has 0 spiro atoms. The molecule has 0 unspecified atom stereocenters. The molecule has 3 aromatic rings. The Morgan fingerprint density at radius 3 is 2.88 bits per heavy atom. The van der Waals surface area contributed by atoms with Crippen molar-refractivity contribution in [3.05, 3.63) is 54.7 Å². The van der Waals surface area contributed by atoms with Gasteiger partial charge < -0.3 is 10.2 Å². The van der Waals surface area contributed by atoms with Crippen molar-refractivity contribution in [2.45, 2.75) is 6.42 Å². The Bertz CT molecular complexity index is 896. The van der Waals surface area contributed by atoms with Crippen molar-refractivity contribution < 1.29 is 4.79 Å². The highest BCUT2D eigenvalue weighted by atomic mass is 16.1. The third kappa shape index (κ3) is 3.45. The van der Waals surface area contributed by atoms with Gasteiger partial charge in [-0.2, -0.15) is 0 Å². The van der Waals surface area contributed by atoms with Crippen LogP contribution in [0.25, 0.3) is 22.0 Å². The van der Waals surface area contributed by atoms with Crippen LogP contribution in [0.2, 0.25) is 0 Å². The number of anilines is 1. The van der Waals surface area contributed by atoms with E-state index in [9.17, 15) is 4.79 Å². The first-order valence-electron chi connectivity index (χ1n) is 8.57. The molecule has 1 N–H and O–H groups in total. The molecule has 1 fully saturated rings. The Morgan fingerprint density at radius 1 is 1.16 bits per heavy atom. The van der Waals surface area contributed by atoms with Gasteiger partial charge in [-0.1, -0.05) is 36.4 Å². The molecule has 5 nitrogen and oxygen atoms in total. The summed E-state index contributed by atoms with van der Waals surface area (Å²) in [6.45, 7) is 2.43. The highest BCUT2D eigenvalue weighted by molar-refractivity contribution is 5.86. The zero-order valence-electron chi connectivity index (χ0n) is 13.9. The van der Waals surface area contributed by atoms with Gasteiger partial charge in [-0.25, -0.2) is 9.97 Å². The monoisotopic (exact) mass is 332 g/mol. The van der Waals surface area contributed by atoms with E-state index in [-0.39, 0.29) is 0 Å². The summed E-state index contributed by atoms with van der Waals surface area (Å²) in [4.78, 5) is 21.6. The van der Waals surface area contributed by atoms with Gasteiger partial charge >= 0.3 is 0 Å². The third-order valence-corrected chi connectivity index (χ3v) is 4.72. The van der Waals surface area contributed by atoms with Gasteiger partial charge in [0.25, 0.3) is 0 Å². The van der Waals surface area contributed by atoms with E-state index in [1.165, 1.54) is 10.8 Å². The Labute approximate surface area is 146 Å². The lowest BCUT2D eigenvalue weighted by Crippen LogP contribution is -2.21. The maximum absolute atomic E-state index is 10.8. The molecule has 0 bridgehead atoms. The van der Waals surface area contributed by atoms with Gasteiger partial charge in [0.2, 0.25) is 12.4 Å². The van der Waals surface area contributed by atoms with E-state index >= 15 is 0 Å². The normalized spacial score (nSPS) is 17.0. The molecule has 2 aromatic carbocycles. The average molecular weight is 332 g/mol. The van der Waals surface area contributed by atoms with Gasteiger partial charge in [0.15, 0.2) is 0 Å². The first-order chi connectivity index (χ1) is 12.3. The first-order valence-corrected chi connectivity index (χ1v) is 8.57. The van der Waals surface area contributed by atoms with Gasteiger partial charge in [-0.05, 0) is 35.2 Å². The number of nitrogens with zero attached hydrogens (tertiary/aromatic N) is 3. The van der Waals surface area contributed by atoms with Gasteiger partial charge in [0, 0.05) is 31.4 Å². The van der Waals surface area contributed by atoms with E-state index in [0.717, 1.165) is 43.7 Å². The molecule has 4 rings (SSSR count). The number of aromatic nitrogens is 2. The average Bonchev–Trinajstić information content (AvgIpc) is 3.14. The smallest absolute Gasteiger partial charge is 0.223 e. The molecule has 0 radical (unpaired) electrons. The third-order valence-electron chi connectivity index (χ3n) is 4.72. The Balaban J connectivity index is 1.49. The van der Waals surface area contributed by atoms with Crippen LogP contribution >= 0.6 is 0 Å². The topological polar surface area (TPSA) is 58.1 Å². The molecule has 25 heavy (non-hydrogen) atoms. The molecule has 1 aliphatic rings. The second kappa shape index (κ2) is 6.89. The summed E-state index contributed by atoms with van der Waals surface area (Å²) in [5.74, 6) is 1.09. The second-order valence-corrected chi connectivity index (χ2v) is 6.46. The second-order valence-electron chi connectivity index (χ2n) is 6.46. The van der Waals surface area contributed by atoms with Crippen molar-refractivity contribution in [2.75, 3.05) is 25.0 Å². The van der Waals surface area contributed by atoms with Crippen molar-refractivity contribution in [1.29, 1.82) is 0 Å². The number of fused-ring (bicyclic) bond motifs is 1. The largest absolute Gasteiger partial charge is 0.354 e. The number of rotatable bonds is 5. The maximum atomic E-state index is 10.8. The van der Waals surface area contributed by atoms with Gasteiger partial charge in [-0.15, -0.1) is 0 Å². The highest BCUT2D eigenvalue weighted by Gasteiger charge is 2.20. The highest BCUT2D eigenvalue weighted by Crippen LogP contribution is 2.23. The van der Waals surface area contributed by atoms with E-state index in [0.29, 0.717) is 11.9 Å². The van der Waals surface area contributed by atoms with E-state index in [2.05, 4.69) is 45.6 Å². The number of hydrogen-bond donors (Lipinski definition) is 1. The summed E-state index contributed by atoms with van der Waals surface area (Å²) >= 11 is 0. The van der Waals surface area contributed by atoms with Gasteiger partial charge in [-0.3, -0.25) is 4.79 Å². The predicted molar refractivity (Wildman–Crippen MR) is 99.2 cm³/mol. The quantitative estimate of drug-likeness (QED) is 0.729. The van der Waals surface area contributed by atoms with E-state index < -0.39 is 0 Å². The summed E-state index contributed by atoms with van der Waals surface area (Å²) < 4.78 is 0. The molecule has 0 saturated carbocycles. The lowest BCUT2D eigenvalue weighted by molar-refractivity contribution is -0.117. The molecule has 1 aliphatic heterocycles. The van der Waals surface area contributed by atoms with Crippen LogP contribution in [0.1, 0.15) is 6.42 Å². The molecular formula is C20H20N4O. The van der Waals surface area contributed by atoms with E-state index in [4.69, 9.17) is 0 Å². The number of likely N-dealkylation sites (tertiary alicyclic amines) is 1. The number of nitrogens with one attached hydrogen (secondary N) is 1. The molecule has 5 heteroatoms. The van der Waals surface area contributed by atoms with Crippen molar-refractivity contribution in [2.24, 2.45) is 5.92 Å². The van der Waals surface area contributed by atoms with Crippen LogP contribution in [0.15, 0.2) is 54.7 Å². The zero-order valence-corrected chi connectivity index (χ0v) is 13.9. The van der Waals surface area contributed by atoms with Crippen molar-refractivity contribution in [3.8, 4) is 11.3 Å². The molecule has 1 amide bonds. The van der Waals surface area contributed by atoms with Crippen LogP contribution in [0.5, 0.6) is 0 Å². The van der Waals surface area contributed by atoms with E-state index in [1.54, 1.807) is 6.20 Å². The van der Waals surface area contributed by atoms with Crippen LogP contribution in [-0.4, -0.2) is 40.9 Å². The number of carbonyl (C=O) groups is 1. The standard InChI is InChI=1S/C20H20N4O/c25-14-24-10-8-15(13-24)12-22-20-21-9-7-19(23-20)18-6-5-16-3-1-2-4-17(16)11-18/h1-7,9,11,14-15H,8,10,12-13H2,(H,21,22,23)/t15-/m0/s1. The fourth-order valence-electron chi connectivity index (χ4n) is 3.31. The number of hydrogen-bond acceptors (Lipinski definition) is 4. The summed E-state index contributed by atoms with van der Waals surface area (Å²) in [5.41, 5.74) is 1.99. The summed E-state index contributed by atoms with van der Waals surface area (Å²) in [6, 6.07) is 16.6. The molecule has 1 aromatic heterocycles. The minimum Gasteiger partial charge on any atom is -0.354 e. The Morgan fingerprint density at radius 2 is 2.04 bits per heavy atom. The van der Waals surface area contributed by atoms with Crippen molar-refractivity contribution >= 4 is 23.1 Å². The van der Waals surface area contributed by atoms with Gasteiger partial charge in [0.05, 0.1) is 5.69 Å². The van der Waals surface area contributed by atoms with Crippen LogP contribution in [0.3, 0.4) is 0 Å². The zero-order chi connectivity index (χ0) is 17.1. The first kappa shape index (κ1) is 15.6. The minimum absolute atomic E-state index is 0.457. The fraction of sp³-hybridized carbons (Fsp3) is 0.250. The minimum atomic E-state index is 0.457. The fourth-order valence-corrected chi connectivity index (χ4v) is 3.31. The van der Waals surface area contributed by atoms with Crippen LogP contribution < -0.4 is 5.32 Å². The lowest BCUT2D eigenvalue weighted by atomic mass is 10.1. The number of amides is 1.